The van der Waals surface area contributed by atoms with E-state index in [1.807, 2.05) is 26.0 Å². The zero-order valence-corrected chi connectivity index (χ0v) is 13.3. The monoisotopic (exact) mass is 283 g/mol. The molecule has 0 aliphatic carbocycles. The lowest BCUT2D eigenvalue weighted by atomic mass is 9.73. The number of likely N-dealkylation sites (tertiary alicyclic amines) is 1. The second-order valence-corrected chi connectivity index (χ2v) is 5.46. The average Bonchev–Trinajstić information content (AvgIpc) is 2.45. The van der Waals surface area contributed by atoms with E-state index in [1.165, 1.54) is 5.56 Å². The third-order valence-electron chi connectivity index (χ3n) is 3.82. The third kappa shape index (κ3) is 4.20. The lowest BCUT2D eigenvalue weighted by Crippen LogP contribution is -2.43. The van der Waals surface area contributed by atoms with Gasteiger partial charge in [0, 0.05) is 17.5 Å². The van der Waals surface area contributed by atoms with Crippen LogP contribution in [0.4, 0.5) is 0 Å². The maximum absolute atomic E-state index is 5.96. The lowest BCUT2D eigenvalue weighted by Gasteiger charge is -2.40. The van der Waals surface area contributed by atoms with Crippen LogP contribution in [-0.2, 0) is 10.2 Å². The Hall–Kier alpha value is -0.570. The fourth-order valence-corrected chi connectivity index (χ4v) is 2.77. The van der Waals surface area contributed by atoms with Crippen molar-refractivity contribution in [2.45, 2.75) is 32.1 Å². The molecule has 1 heterocycles. The second kappa shape index (κ2) is 7.88. The SMILES string of the molecule is CC.COCC1(c2ccc(Cl)cc2)CCN(C)CC1. The van der Waals surface area contributed by atoms with E-state index in [0.717, 1.165) is 37.6 Å². The van der Waals surface area contributed by atoms with Gasteiger partial charge >= 0.3 is 0 Å². The van der Waals surface area contributed by atoms with Crippen LogP contribution in [0.3, 0.4) is 0 Å². The minimum Gasteiger partial charge on any atom is -0.384 e. The van der Waals surface area contributed by atoms with E-state index in [4.69, 9.17) is 16.3 Å². The van der Waals surface area contributed by atoms with Gasteiger partial charge in [0.05, 0.1) is 6.61 Å². The number of hydrogen-bond donors (Lipinski definition) is 0. The predicted octanol–water partition coefficient (Wildman–Crippen LogP) is 3.98. The summed E-state index contributed by atoms with van der Waals surface area (Å²) < 4.78 is 5.45. The van der Waals surface area contributed by atoms with Gasteiger partial charge in [0.15, 0.2) is 0 Å². The Balaban J connectivity index is 0.000000861. The summed E-state index contributed by atoms with van der Waals surface area (Å²) in [7, 11) is 3.97. The van der Waals surface area contributed by atoms with E-state index < -0.39 is 0 Å². The fraction of sp³-hybridized carbons (Fsp3) is 0.625. The first-order valence-corrected chi connectivity index (χ1v) is 7.48. The molecule has 1 saturated heterocycles. The van der Waals surface area contributed by atoms with E-state index in [9.17, 15) is 0 Å². The highest BCUT2D eigenvalue weighted by atomic mass is 35.5. The summed E-state index contributed by atoms with van der Waals surface area (Å²) in [4.78, 5) is 2.38. The maximum atomic E-state index is 5.96. The lowest BCUT2D eigenvalue weighted by molar-refractivity contribution is 0.0809. The van der Waals surface area contributed by atoms with Crippen molar-refractivity contribution < 1.29 is 4.74 Å². The Morgan fingerprint density at radius 3 is 2.16 bits per heavy atom. The topological polar surface area (TPSA) is 12.5 Å². The molecule has 0 N–H and O–H groups in total. The van der Waals surface area contributed by atoms with Crippen LogP contribution in [0.25, 0.3) is 0 Å². The molecule has 0 aromatic heterocycles. The predicted molar refractivity (Wildman–Crippen MR) is 83.1 cm³/mol. The molecule has 0 radical (unpaired) electrons. The van der Waals surface area contributed by atoms with E-state index in [0.29, 0.717) is 0 Å². The first-order chi connectivity index (χ1) is 9.16. The van der Waals surface area contributed by atoms with E-state index >= 15 is 0 Å². The third-order valence-corrected chi connectivity index (χ3v) is 4.07. The molecule has 1 aliphatic heterocycles. The Bertz CT molecular complexity index is 356. The summed E-state index contributed by atoms with van der Waals surface area (Å²) in [5, 5.41) is 0.800. The molecule has 2 rings (SSSR count). The van der Waals surface area contributed by atoms with Gasteiger partial charge in [-0.15, -0.1) is 0 Å². The Labute approximate surface area is 122 Å². The van der Waals surface area contributed by atoms with Crippen molar-refractivity contribution in [2.75, 3.05) is 33.9 Å². The Kier molecular flexibility index (Phi) is 6.84. The van der Waals surface area contributed by atoms with Gasteiger partial charge in [-0.05, 0) is 50.7 Å². The van der Waals surface area contributed by atoms with E-state index in [-0.39, 0.29) is 5.41 Å². The molecule has 3 heteroatoms. The van der Waals surface area contributed by atoms with E-state index in [1.54, 1.807) is 7.11 Å². The number of hydrogen-bond acceptors (Lipinski definition) is 2. The number of piperidine rings is 1. The van der Waals surface area contributed by atoms with Crippen LogP contribution in [0, 0.1) is 0 Å². The van der Waals surface area contributed by atoms with Gasteiger partial charge in [0.1, 0.15) is 0 Å². The molecule has 19 heavy (non-hydrogen) atoms. The molecular formula is C16H26ClNO. The molecule has 2 nitrogen and oxygen atoms in total. The summed E-state index contributed by atoms with van der Waals surface area (Å²) in [6.45, 7) is 7.06. The van der Waals surface area contributed by atoms with Crippen molar-refractivity contribution in [1.82, 2.24) is 4.90 Å². The molecule has 0 bridgehead atoms. The number of nitrogens with zero attached hydrogens (tertiary/aromatic N) is 1. The molecule has 1 aliphatic rings. The Morgan fingerprint density at radius 2 is 1.68 bits per heavy atom. The van der Waals surface area contributed by atoms with E-state index in [2.05, 4.69) is 24.1 Å². The van der Waals surface area contributed by atoms with Crippen molar-refractivity contribution in [3.05, 3.63) is 34.9 Å². The standard InChI is InChI=1S/C14H20ClNO.C2H6/c1-16-9-7-14(8-10-16,11-17-2)12-3-5-13(15)6-4-12;1-2/h3-6H,7-11H2,1-2H3;1-2H3. The van der Waals surface area contributed by atoms with Crippen molar-refractivity contribution >= 4 is 11.6 Å². The van der Waals surface area contributed by atoms with Gasteiger partial charge in [-0.3, -0.25) is 0 Å². The fourth-order valence-electron chi connectivity index (χ4n) is 2.64. The minimum atomic E-state index is 0.172. The van der Waals surface area contributed by atoms with Gasteiger partial charge < -0.3 is 9.64 Å². The van der Waals surface area contributed by atoms with Crippen LogP contribution < -0.4 is 0 Å². The molecule has 1 aromatic rings. The largest absolute Gasteiger partial charge is 0.384 e. The minimum absolute atomic E-state index is 0.172. The van der Waals surface area contributed by atoms with Gasteiger partial charge in [0.2, 0.25) is 0 Å². The van der Waals surface area contributed by atoms with Crippen LogP contribution >= 0.6 is 11.6 Å². The first kappa shape index (κ1) is 16.5. The van der Waals surface area contributed by atoms with Gasteiger partial charge in [-0.25, -0.2) is 0 Å². The maximum Gasteiger partial charge on any atom is 0.0560 e. The molecular weight excluding hydrogens is 258 g/mol. The van der Waals surface area contributed by atoms with Crippen LogP contribution in [-0.4, -0.2) is 38.8 Å². The molecule has 1 aromatic carbocycles. The number of halogens is 1. The molecule has 108 valence electrons. The number of rotatable bonds is 3. The van der Waals surface area contributed by atoms with Gasteiger partial charge in [0.25, 0.3) is 0 Å². The highest BCUT2D eigenvalue weighted by molar-refractivity contribution is 6.30. The average molecular weight is 284 g/mol. The Morgan fingerprint density at radius 1 is 1.16 bits per heavy atom. The first-order valence-electron chi connectivity index (χ1n) is 7.10. The van der Waals surface area contributed by atoms with Gasteiger partial charge in [-0.1, -0.05) is 37.6 Å². The van der Waals surface area contributed by atoms with Crippen molar-refractivity contribution in [1.29, 1.82) is 0 Å². The highest BCUT2D eigenvalue weighted by Gasteiger charge is 2.35. The molecule has 0 spiro atoms. The van der Waals surface area contributed by atoms with Crippen LogP contribution in [0.15, 0.2) is 24.3 Å². The van der Waals surface area contributed by atoms with Crippen LogP contribution in [0.2, 0.25) is 5.02 Å². The number of ether oxygens (including phenoxy) is 1. The molecule has 0 unspecified atom stereocenters. The summed E-state index contributed by atoms with van der Waals surface area (Å²) in [6, 6.07) is 8.25. The molecule has 0 saturated carbocycles. The molecule has 0 amide bonds. The summed E-state index contributed by atoms with van der Waals surface area (Å²) >= 11 is 5.96. The highest BCUT2D eigenvalue weighted by Crippen LogP contribution is 2.35. The van der Waals surface area contributed by atoms with Crippen LogP contribution in [0.5, 0.6) is 0 Å². The van der Waals surface area contributed by atoms with Gasteiger partial charge in [-0.2, -0.15) is 0 Å². The summed E-state index contributed by atoms with van der Waals surface area (Å²) in [5.41, 5.74) is 1.53. The zero-order chi connectivity index (χ0) is 14.3. The molecule has 1 fully saturated rings. The smallest absolute Gasteiger partial charge is 0.0560 e. The summed E-state index contributed by atoms with van der Waals surface area (Å²) in [5.74, 6) is 0. The number of methoxy groups -OCH3 is 1. The quantitative estimate of drug-likeness (QED) is 0.832. The number of benzene rings is 1. The van der Waals surface area contributed by atoms with Crippen LogP contribution in [0.1, 0.15) is 32.3 Å². The normalized spacial score (nSPS) is 18.6. The summed E-state index contributed by atoms with van der Waals surface area (Å²) in [6.07, 6.45) is 2.30. The second-order valence-electron chi connectivity index (χ2n) is 5.02. The van der Waals surface area contributed by atoms with Crippen molar-refractivity contribution in [2.24, 2.45) is 0 Å². The molecule has 0 atom stereocenters. The van der Waals surface area contributed by atoms with Crippen molar-refractivity contribution in [3.63, 3.8) is 0 Å². The van der Waals surface area contributed by atoms with Crippen molar-refractivity contribution in [3.8, 4) is 0 Å². The zero-order valence-electron chi connectivity index (χ0n) is 12.6.